The van der Waals surface area contributed by atoms with Gasteiger partial charge in [0, 0.05) is 24.8 Å². The zero-order valence-electron chi connectivity index (χ0n) is 15.8. The van der Waals surface area contributed by atoms with Crippen LogP contribution in [0.2, 0.25) is 0 Å². The first-order valence-electron chi connectivity index (χ1n) is 9.03. The average molecular weight is 389 g/mol. The molecule has 2 amide bonds. The van der Waals surface area contributed by atoms with Gasteiger partial charge in [-0.3, -0.25) is 9.59 Å². The van der Waals surface area contributed by atoms with Crippen LogP contribution in [-0.2, 0) is 11.3 Å². The molecular formula is C21H19N5O3. The van der Waals surface area contributed by atoms with Crippen LogP contribution in [-0.4, -0.2) is 40.0 Å². The smallest absolute Gasteiger partial charge is 0.267 e. The van der Waals surface area contributed by atoms with Crippen LogP contribution in [0.5, 0.6) is 5.75 Å². The van der Waals surface area contributed by atoms with Crippen LogP contribution < -0.4 is 15.4 Å². The highest BCUT2D eigenvalue weighted by atomic mass is 16.5. The predicted molar refractivity (Wildman–Crippen MR) is 109 cm³/mol. The lowest BCUT2D eigenvalue weighted by Crippen LogP contribution is -2.35. The summed E-state index contributed by atoms with van der Waals surface area (Å²) in [5.41, 5.74) is 3.40. The Bertz CT molecular complexity index is 1120. The van der Waals surface area contributed by atoms with Gasteiger partial charge in [0.1, 0.15) is 11.4 Å². The number of carbonyl (C=O) groups excluding carboxylic acids is 2. The molecule has 4 rings (SSSR count). The molecule has 0 aliphatic carbocycles. The fourth-order valence-electron chi connectivity index (χ4n) is 3.27. The van der Waals surface area contributed by atoms with E-state index in [1.54, 1.807) is 24.4 Å². The summed E-state index contributed by atoms with van der Waals surface area (Å²) in [4.78, 5) is 32.8. The number of aromatic nitrogens is 3. The molecule has 1 aromatic carbocycles. The highest BCUT2D eigenvalue weighted by Gasteiger charge is 2.20. The van der Waals surface area contributed by atoms with Crippen molar-refractivity contribution in [1.82, 2.24) is 19.9 Å². The van der Waals surface area contributed by atoms with E-state index in [1.807, 2.05) is 22.8 Å². The highest BCUT2D eigenvalue weighted by molar-refractivity contribution is 6.00. The number of carbonyl (C=O) groups is 2. The number of nitrogens with zero attached hydrogens (tertiary/aromatic N) is 3. The molecule has 8 heteroatoms. The van der Waals surface area contributed by atoms with E-state index in [2.05, 4.69) is 27.2 Å². The van der Waals surface area contributed by atoms with Crippen molar-refractivity contribution in [1.29, 1.82) is 0 Å². The number of fused-ring (bicyclic) bond motifs is 1. The van der Waals surface area contributed by atoms with Gasteiger partial charge in [-0.2, -0.15) is 0 Å². The molecule has 0 unspecified atom stereocenters. The van der Waals surface area contributed by atoms with Crippen LogP contribution in [0.4, 0.5) is 5.69 Å². The second-order valence-electron chi connectivity index (χ2n) is 6.39. The molecule has 1 aliphatic rings. The maximum Gasteiger partial charge on any atom is 0.267 e. The summed E-state index contributed by atoms with van der Waals surface area (Å²) in [7, 11) is 1.53. The maximum atomic E-state index is 12.0. The van der Waals surface area contributed by atoms with E-state index in [0.717, 1.165) is 11.3 Å². The van der Waals surface area contributed by atoms with Crippen LogP contribution in [0.3, 0.4) is 0 Å². The molecule has 0 atom stereocenters. The summed E-state index contributed by atoms with van der Waals surface area (Å²) in [6, 6.07) is 10.8. The molecule has 0 saturated heterocycles. The van der Waals surface area contributed by atoms with Crippen molar-refractivity contribution in [3.05, 3.63) is 60.9 Å². The van der Waals surface area contributed by atoms with E-state index >= 15 is 0 Å². The van der Waals surface area contributed by atoms with E-state index in [9.17, 15) is 9.59 Å². The van der Waals surface area contributed by atoms with Crippen molar-refractivity contribution in [2.75, 3.05) is 19.0 Å². The number of amides is 2. The Balaban J connectivity index is 1.73. The molecule has 1 aliphatic heterocycles. The van der Waals surface area contributed by atoms with Crippen molar-refractivity contribution < 1.29 is 14.3 Å². The van der Waals surface area contributed by atoms with Gasteiger partial charge in [0.05, 0.1) is 24.2 Å². The van der Waals surface area contributed by atoms with Gasteiger partial charge in [-0.15, -0.1) is 0 Å². The molecule has 0 bridgehead atoms. The molecule has 0 fully saturated rings. The van der Waals surface area contributed by atoms with Crippen molar-refractivity contribution in [2.45, 2.75) is 6.54 Å². The van der Waals surface area contributed by atoms with E-state index in [1.165, 1.54) is 13.2 Å². The second kappa shape index (κ2) is 7.59. The Morgan fingerprint density at radius 1 is 1.28 bits per heavy atom. The van der Waals surface area contributed by atoms with Gasteiger partial charge in [-0.05, 0) is 42.5 Å². The monoisotopic (exact) mass is 389 g/mol. The van der Waals surface area contributed by atoms with Crippen molar-refractivity contribution in [2.24, 2.45) is 0 Å². The summed E-state index contributed by atoms with van der Waals surface area (Å²) in [6.45, 7) is 4.73. The minimum atomic E-state index is -0.340. The topological polar surface area (TPSA) is 98.1 Å². The fourth-order valence-corrected chi connectivity index (χ4v) is 3.27. The Morgan fingerprint density at radius 2 is 2.10 bits per heavy atom. The lowest BCUT2D eigenvalue weighted by Gasteiger charge is -2.18. The Kier molecular flexibility index (Phi) is 4.82. The van der Waals surface area contributed by atoms with Crippen molar-refractivity contribution >= 4 is 17.5 Å². The van der Waals surface area contributed by atoms with Gasteiger partial charge in [-0.1, -0.05) is 6.58 Å². The number of nitrogens with one attached hydrogen (secondary N) is 2. The number of anilines is 1. The van der Waals surface area contributed by atoms with Crippen molar-refractivity contribution in [3.8, 4) is 28.5 Å². The third kappa shape index (κ3) is 3.47. The van der Waals surface area contributed by atoms with Crippen LogP contribution in [0.15, 0.2) is 55.3 Å². The third-order valence-corrected chi connectivity index (χ3v) is 4.65. The summed E-state index contributed by atoms with van der Waals surface area (Å²) >= 11 is 0. The highest BCUT2D eigenvalue weighted by Crippen LogP contribution is 2.30. The number of ether oxygens (including phenoxy) is 1. The van der Waals surface area contributed by atoms with E-state index < -0.39 is 0 Å². The number of benzene rings is 1. The molecule has 0 radical (unpaired) electrons. The SMILES string of the molecule is C=CC(=O)Nc1cc(-c2nccc(-c3ccc4n3CCNC4=O)n2)ccc1OC. The fraction of sp³-hybridized carbons (Fsp3) is 0.143. The maximum absolute atomic E-state index is 12.0. The predicted octanol–water partition coefficient (Wildman–Crippen LogP) is 2.49. The summed E-state index contributed by atoms with van der Waals surface area (Å²) in [5, 5.41) is 5.55. The zero-order chi connectivity index (χ0) is 20.4. The number of rotatable bonds is 5. The number of hydrogen-bond donors (Lipinski definition) is 2. The lowest BCUT2D eigenvalue weighted by molar-refractivity contribution is -0.111. The van der Waals surface area contributed by atoms with Gasteiger partial charge in [-0.25, -0.2) is 9.97 Å². The molecule has 8 nitrogen and oxygen atoms in total. The molecular weight excluding hydrogens is 370 g/mol. The molecule has 3 aromatic rings. The molecule has 146 valence electrons. The van der Waals surface area contributed by atoms with E-state index in [0.29, 0.717) is 41.7 Å². The minimum Gasteiger partial charge on any atom is -0.495 e. The van der Waals surface area contributed by atoms with Gasteiger partial charge < -0.3 is 19.9 Å². The lowest BCUT2D eigenvalue weighted by atomic mass is 10.1. The Hall–Kier alpha value is -3.94. The molecule has 3 heterocycles. The van der Waals surface area contributed by atoms with Crippen LogP contribution >= 0.6 is 0 Å². The van der Waals surface area contributed by atoms with Gasteiger partial charge in [0.2, 0.25) is 5.91 Å². The van der Waals surface area contributed by atoms with E-state index in [4.69, 9.17) is 4.74 Å². The summed E-state index contributed by atoms with van der Waals surface area (Å²) in [6.07, 6.45) is 2.86. The van der Waals surface area contributed by atoms with E-state index in [-0.39, 0.29) is 11.8 Å². The van der Waals surface area contributed by atoms with Gasteiger partial charge >= 0.3 is 0 Å². The Labute approximate surface area is 167 Å². The molecule has 0 saturated carbocycles. The van der Waals surface area contributed by atoms with Crippen LogP contribution in [0.25, 0.3) is 22.8 Å². The standard InChI is InChI=1S/C21H19N5O3/c1-3-19(27)24-15-12-13(4-7-18(15)29-2)20-22-9-8-14(25-20)16-5-6-17-21(28)23-10-11-26(16)17/h3-9,12H,1,10-11H2,2H3,(H,23,28)(H,24,27). The third-order valence-electron chi connectivity index (χ3n) is 4.65. The minimum absolute atomic E-state index is 0.0884. The second-order valence-corrected chi connectivity index (χ2v) is 6.39. The molecule has 0 spiro atoms. The van der Waals surface area contributed by atoms with Crippen LogP contribution in [0, 0.1) is 0 Å². The first-order chi connectivity index (χ1) is 14.1. The first kappa shape index (κ1) is 18.4. The van der Waals surface area contributed by atoms with Crippen molar-refractivity contribution in [3.63, 3.8) is 0 Å². The number of hydrogen-bond acceptors (Lipinski definition) is 5. The van der Waals surface area contributed by atoms with Gasteiger partial charge in [0.25, 0.3) is 5.91 Å². The normalized spacial score (nSPS) is 12.7. The zero-order valence-corrected chi connectivity index (χ0v) is 15.8. The average Bonchev–Trinajstić information content (AvgIpc) is 3.19. The quantitative estimate of drug-likeness (QED) is 0.654. The Morgan fingerprint density at radius 3 is 2.90 bits per heavy atom. The molecule has 2 N–H and O–H groups in total. The van der Waals surface area contributed by atoms with Crippen LogP contribution in [0.1, 0.15) is 10.5 Å². The number of methoxy groups -OCH3 is 1. The summed E-state index contributed by atoms with van der Waals surface area (Å²) in [5.74, 6) is 0.588. The van der Waals surface area contributed by atoms with Gasteiger partial charge in [0.15, 0.2) is 5.82 Å². The largest absolute Gasteiger partial charge is 0.495 e. The first-order valence-corrected chi connectivity index (χ1v) is 9.03. The molecule has 2 aromatic heterocycles. The summed E-state index contributed by atoms with van der Waals surface area (Å²) < 4.78 is 7.26. The molecule has 29 heavy (non-hydrogen) atoms.